The quantitative estimate of drug-likeness (QED) is 0.640. The molecule has 3 fully saturated rings. The summed E-state index contributed by atoms with van der Waals surface area (Å²) in [6, 6.07) is 4.48. The number of rotatable bonds is 1. The fraction of sp³-hybridized carbons (Fsp3) is 0.412. The van der Waals surface area contributed by atoms with E-state index >= 15 is 0 Å². The molecule has 4 aliphatic carbocycles. The van der Waals surface area contributed by atoms with Crippen LogP contribution < -0.4 is 4.90 Å². The molecule has 1 saturated heterocycles. The normalized spacial score (nSPS) is 40.9. The maximum Gasteiger partial charge on any atom is 0.238 e. The van der Waals surface area contributed by atoms with Crippen LogP contribution in [0.25, 0.3) is 0 Å². The number of phenolic OH excluding ortho intramolecular Hbond substituents is 1. The maximum absolute atomic E-state index is 12.9. The van der Waals surface area contributed by atoms with Crippen molar-refractivity contribution in [2.75, 3.05) is 4.90 Å². The molecule has 6 rings (SSSR count). The van der Waals surface area contributed by atoms with Crippen LogP contribution in [-0.2, 0) is 9.59 Å². The lowest BCUT2D eigenvalue weighted by Gasteiger charge is -2.37. The van der Waals surface area contributed by atoms with Gasteiger partial charge in [0, 0.05) is 0 Å². The van der Waals surface area contributed by atoms with Crippen LogP contribution in [0.1, 0.15) is 6.42 Å². The van der Waals surface area contributed by atoms with Crippen molar-refractivity contribution in [1.29, 1.82) is 0 Å². The van der Waals surface area contributed by atoms with Crippen molar-refractivity contribution < 1.29 is 14.7 Å². The van der Waals surface area contributed by atoms with E-state index in [1.54, 1.807) is 6.07 Å². The van der Waals surface area contributed by atoms with Gasteiger partial charge in [0.05, 0.1) is 22.5 Å². The topological polar surface area (TPSA) is 57.6 Å². The van der Waals surface area contributed by atoms with Crippen LogP contribution in [0.2, 0.25) is 5.02 Å². The number of aromatic hydroxyl groups is 1. The summed E-state index contributed by atoms with van der Waals surface area (Å²) in [5.41, 5.74) is 0.459. The standard InChI is InChI=1S/C17H14ClNO3/c18-12-5-7(1-4-13(12)20)19-16(21)14-8-2-3-9(11-6-10(8)11)15(14)17(19)22/h1-5,8-11,14-15,20H,6H2/t8-,9+,10?,11?,14-,15+. The third-order valence-electron chi connectivity index (χ3n) is 5.85. The largest absolute Gasteiger partial charge is 0.506 e. The molecule has 2 amide bonds. The van der Waals surface area contributed by atoms with Crippen molar-refractivity contribution in [3.8, 4) is 5.75 Å². The number of anilines is 1. The third-order valence-corrected chi connectivity index (χ3v) is 6.15. The molecule has 0 aromatic heterocycles. The molecular formula is C17H14ClNO3. The number of amides is 2. The highest BCUT2D eigenvalue weighted by Crippen LogP contribution is 2.65. The number of carbonyl (C=O) groups excluding carboxylic acids is 2. The molecule has 22 heavy (non-hydrogen) atoms. The van der Waals surface area contributed by atoms with Crippen molar-refractivity contribution in [3.05, 3.63) is 35.4 Å². The maximum atomic E-state index is 12.9. The first kappa shape index (κ1) is 12.7. The number of benzene rings is 1. The van der Waals surface area contributed by atoms with Gasteiger partial charge in [-0.15, -0.1) is 0 Å². The van der Waals surface area contributed by atoms with Crippen LogP contribution in [-0.4, -0.2) is 16.9 Å². The van der Waals surface area contributed by atoms with E-state index in [9.17, 15) is 14.7 Å². The summed E-state index contributed by atoms with van der Waals surface area (Å²) in [5.74, 6) is 0.932. The summed E-state index contributed by atoms with van der Waals surface area (Å²) in [5, 5.41) is 9.68. The molecule has 6 atom stereocenters. The average Bonchev–Trinajstić information content (AvgIpc) is 3.28. The zero-order valence-corrected chi connectivity index (χ0v) is 12.4. The smallest absolute Gasteiger partial charge is 0.238 e. The van der Waals surface area contributed by atoms with Crippen LogP contribution >= 0.6 is 11.6 Å². The van der Waals surface area contributed by atoms with E-state index in [4.69, 9.17) is 11.6 Å². The third kappa shape index (κ3) is 1.39. The van der Waals surface area contributed by atoms with Gasteiger partial charge in [-0.3, -0.25) is 9.59 Å². The number of hydrogen-bond acceptors (Lipinski definition) is 3. The van der Waals surface area contributed by atoms with Gasteiger partial charge >= 0.3 is 0 Å². The molecule has 1 aliphatic heterocycles. The highest BCUT2D eigenvalue weighted by Gasteiger charge is 2.67. The van der Waals surface area contributed by atoms with E-state index in [0.717, 1.165) is 6.42 Å². The van der Waals surface area contributed by atoms with E-state index in [1.165, 1.54) is 17.0 Å². The summed E-state index contributed by atoms with van der Waals surface area (Å²) in [6.45, 7) is 0. The first-order valence-electron chi connectivity index (χ1n) is 7.62. The monoisotopic (exact) mass is 315 g/mol. The molecule has 2 unspecified atom stereocenters. The molecule has 0 radical (unpaired) electrons. The molecule has 1 N–H and O–H groups in total. The molecule has 5 heteroatoms. The second kappa shape index (κ2) is 3.93. The lowest BCUT2D eigenvalue weighted by molar-refractivity contribution is -0.124. The summed E-state index contributed by atoms with van der Waals surface area (Å²) in [7, 11) is 0. The Morgan fingerprint density at radius 2 is 1.64 bits per heavy atom. The second-order valence-corrected chi connectivity index (χ2v) is 7.21. The Balaban J connectivity index is 1.58. The van der Waals surface area contributed by atoms with E-state index < -0.39 is 0 Å². The molecule has 2 saturated carbocycles. The van der Waals surface area contributed by atoms with E-state index in [1.807, 2.05) is 0 Å². The lowest BCUT2D eigenvalue weighted by Crippen LogP contribution is -2.40. The molecule has 2 bridgehead atoms. The minimum Gasteiger partial charge on any atom is -0.506 e. The van der Waals surface area contributed by atoms with Gasteiger partial charge < -0.3 is 5.11 Å². The predicted octanol–water partition coefficient (Wildman–Crippen LogP) is 2.60. The number of nitrogens with zero attached hydrogens (tertiary/aromatic N) is 1. The Morgan fingerprint density at radius 1 is 1.05 bits per heavy atom. The molecule has 1 aromatic rings. The number of halogens is 1. The van der Waals surface area contributed by atoms with Gasteiger partial charge in [-0.25, -0.2) is 4.90 Å². The van der Waals surface area contributed by atoms with Crippen molar-refractivity contribution in [2.24, 2.45) is 35.5 Å². The van der Waals surface area contributed by atoms with E-state index in [-0.39, 0.29) is 46.3 Å². The molecular weight excluding hydrogens is 302 g/mol. The first-order valence-corrected chi connectivity index (χ1v) is 8.00. The minimum atomic E-state index is -0.209. The van der Waals surface area contributed by atoms with Crippen LogP contribution in [0.4, 0.5) is 5.69 Å². The van der Waals surface area contributed by atoms with Gasteiger partial charge in [-0.05, 0) is 48.3 Å². The highest BCUT2D eigenvalue weighted by molar-refractivity contribution is 6.32. The summed E-state index contributed by atoms with van der Waals surface area (Å²) in [4.78, 5) is 27.0. The summed E-state index contributed by atoms with van der Waals surface area (Å²) in [6.07, 6.45) is 5.46. The number of phenols is 1. The minimum absolute atomic E-state index is 0.0510. The predicted molar refractivity (Wildman–Crippen MR) is 80.3 cm³/mol. The summed E-state index contributed by atoms with van der Waals surface area (Å²) < 4.78 is 0. The summed E-state index contributed by atoms with van der Waals surface area (Å²) >= 11 is 5.93. The van der Waals surface area contributed by atoms with Crippen LogP contribution in [0, 0.1) is 35.5 Å². The highest BCUT2D eigenvalue weighted by atomic mass is 35.5. The Hall–Kier alpha value is -1.81. The SMILES string of the molecule is O=C1[C@@H]2[C@H](C(=O)N1c1ccc(O)c(Cl)c1)[C@@H]1C=C[C@H]2C2CC21. The Bertz CT molecular complexity index is 722. The molecule has 1 aromatic carbocycles. The number of carbonyl (C=O) groups is 2. The van der Waals surface area contributed by atoms with Crippen molar-refractivity contribution >= 4 is 29.1 Å². The van der Waals surface area contributed by atoms with Gasteiger partial charge in [0.2, 0.25) is 11.8 Å². The van der Waals surface area contributed by atoms with Crippen molar-refractivity contribution in [2.45, 2.75) is 6.42 Å². The molecule has 4 nitrogen and oxygen atoms in total. The average molecular weight is 316 g/mol. The lowest BCUT2D eigenvalue weighted by atomic mass is 9.63. The van der Waals surface area contributed by atoms with Gasteiger partial charge in [0.25, 0.3) is 0 Å². The van der Waals surface area contributed by atoms with Crippen LogP contribution in [0.3, 0.4) is 0 Å². The zero-order valence-electron chi connectivity index (χ0n) is 11.6. The van der Waals surface area contributed by atoms with Crippen molar-refractivity contribution in [1.82, 2.24) is 0 Å². The zero-order chi connectivity index (χ0) is 15.2. The Morgan fingerprint density at radius 3 is 2.18 bits per heavy atom. The molecule has 5 aliphatic rings. The molecule has 0 spiro atoms. The van der Waals surface area contributed by atoms with Gasteiger partial charge in [-0.2, -0.15) is 0 Å². The van der Waals surface area contributed by atoms with Gasteiger partial charge in [0.15, 0.2) is 0 Å². The van der Waals surface area contributed by atoms with Crippen LogP contribution in [0.5, 0.6) is 5.75 Å². The fourth-order valence-corrected chi connectivity index (χ4v) is 5.02. The van der Waals surface area contributed by atoms with Gasteiger partial charge in [-0.1, -0.05) is 23.8 Å². The van der Waals surface area contributed by atoms with Crippen molar-refractivity contribution in [3.63, 3.8) is 0 Å². The molecule has 1 heterocycles. The number of hydrogen-bond donors (Lipinski definition) is 1. The Kier molecular flexibility index (Phi) is 2.27. The number of allylic oxidation sites excluding steroid dienone is 2. The van der Waals surface area contributed by atoms with E-state index in [0.29, 0.717) is 17.5 Å². The fourth-order valence-electron chi connectivity index (χ4n) is 4.85. The Labute approximate surface area is 132 Å². The van der Waals surface area contributed by atoms with Crippen LogP contribution in [0.15, 0.2) is 30.4 Å². The number of imide groups is 1. The molecule has 112 valence electrons. The van der Waals surface area contributed by atoms with Gasteiger partial charge in [0.1, 0.15) is 5.75 Å². The van der Waals surface area contributed by atoms with E-state index in [2.05, 4.69) is 12.2 Å². The second-order valence-electron chi connectivity index (χ2n) is 6.80. The first-order chi connectivity index (χ1) is 10.6.